The molecule has 2 aromatic rings. The van der Waals surface area contributed by atoms with Gasteiger partial charge in [-0.3, -0.25) is 4.90 Å². The van der Waals surface area contributed by atoms with E-state index in [2.05, 4.69) is 15.0 Å². The third-order valence-electron chi connectivity index (χ3n) is 4.05. The summed E-state index contributed by atoms with van der Waals surface area (Å²) in [4.78, 5) is 6.55. The van der Waals surface area contributed by atoms with Crippen LogP contribution < -0.4 is 14.8 Å². The Balaban J connectivity index is 1.63. The number of methoxy groups -OCH3 is 1. The van der Waals surface area contributed by atoms with Crippen LogP contribution in [0.5, 0.6) is 5.75 Å². The van der Waals surface area contributed by atoms with Gasteiger partial charge in [0.2, 0.25) is 5.96 Å². The third kappa shape index (κ3) is 4.33. The molecule has 1 heterocycles. The average molecular weight is 374 g/mol. The third-order valence-corrected chi connectivity index (χ3v) is 5.40. The number of sulfonamides is 1. The van der Waals surface area contributed by atoms with Gasteiger partial charge in [-0.05, 0) is 25.1 Å². The van der Waals surface area contributed by atoms with Crippen molar-refractivity contribution in [3.05, 3.63) is 59.7 Å². The van der Waals surface area contributed by atoms with E-state index in [0.29, 0.717) is 19.9 Å². The predicted molar refractivity (Wildman–Crippen MR) is 100 cm³/mol. The molecule has 0 aliphatic carbocycles. The second-order valence-corrected chi connectivity index (χ2v) is 7.72. The molecule has 0 saturated heterocycles. The first-order valence-electron chi connectivity index (χ1n) is 8.20. The number of nitrogens with zero attached hydrogens (tertiary/aromatic N) is 2. The number of aliphatic imine (C=N–C) groups is 1. The van der Waals surface area contributed by atoms with Gasteiger partial charge >= 0.3 is 0 Å². The van der Waals surface area contributed by atoms with Crippen molar-refractivity contribution in [1.82, 2.24) is 14.9 Å². The molecule has 0 atom stereocenters. The molecule has 0 fully saturated rings. The largest absolute Gasteiger partial charge is 0.496 e. The Morgan fingerprint density at radius 1 is 1.19 bits per heavy atom. The summed E-state index contributed by atoms with van der Waals surface area (Å²) in [5.74, 6) is 1.07. The summed E-state index contributed by atoms with van der Waals surface area (Å²) in [6.45, 7) is 3.43. The van der Waals surface area contributed by atoms with Crippen LogP contribution in [-0.4, -0.2) is 39.7 Å². The van der Waals surface area contributed by atoms with Gasteiger partial charge < -0.3 is 10.1 Å². The summed E-state index contributed by atoms with van der Waals surface area (Å²) in [6.07, 6.45) is 0. The molecule has 0 amide bonds. The number of hydrogen-bond acceptors (Lipinski definition) is 6. The molecule has 26 heavy (non-hydrogen) atoms. The Hall–Kier alpha value is -2.58. The van der Waals surface area contributed by atoms with E-state index in [1.165, 1.54) is 0 Å². The van der Waals surface area contributed by atoms with Crippen molar-refractivity contribution in [1.29, 1.82) is 0 Å². The van der Waals surface area contributed by atoms with Crippen molar-refractivity contribution in [2.24, 2.45) is 4.99 Å². The van der Waals surface area contributed by atoms with Gasteiger partial charge in [0, 0.05) is 12.1 Å². The maximum absolute atomic E-state index is 12.4. The minimum absolute atomic E-state index is 0.212. The Kier molecular flexibility index (Phi) is 5.43. The van der Waals surface area contributed by atoms with Crippen LogP contribution in [-0.2, 0) is 16.6 Å². The van der Waals surface area contributed by atoms with Crippen molar-refractivity contribution < 1.29 is 13.2 Å². The summed E-state index contributed by atoms with van der Waals surface area (Å²) in [5, 5.41) is 3.01. The SMILES string of the molecule is COc1ccccc1CN1CN=C(NS(=O)(=O)c2ccc(C)cc2)NC1. The van der Waals surface area contributed by atoms with E-state index in [0.717, 1.165) is 16.9 Å². The highest BCUT2D eigenvalue weighted by atomic mass is 32.2. The monoisotopic (exact) mass is 374 g/mol. The predicted octanol–water partition coefficient (Wildman–Crippen LogP) is 1.66. The molecule has 3 rings (SSSR count). The second kappa shape index (κ2) is 7.76. The average Bonchev–Trinajstić information content (AvgIpc) is 2.64. The highest BCUT2D eigenvalue weighted by Gasteiger charge is 2.20. The minimum Gasteiger partial charge on any atom is -0.496 e. The standard InChI is InChI=1S/C18H22N4O3S/c1-14-7-9-16(10-8-14)26(23,24)21-18-19-12-22(13-20-18)11-15-5-3-4-6-17(15)25-2/h3-10H,11-13H2,1-2H3,(H2,19,20,21). The zero-order valence-electron chi connectivity index (χ0n) is 14.8. The summed E-state index contributed by atoms with van der Waals surface area (Å²) >= 11 is 0. The first kappa shape index (κ1) is 18.2. The van der Waals surface area contributed by atoms with Crippen LogP contribution in [0.15, 0.2) is 58.4 Å². The molecule has 138 valence electrons. The summed E-state index contributed by atoms with van der Waals surface area (Å²) in [7, 11) is -2.00. The van der Waals surface area contributed by atoms with E-state index in [9.17, 15) is 8.42 Å². The van der Waals surface area contributed by atoms with Gasteiger partial charge in [-0.1, -0.05) is 35.9 Å². The van der Waals surface area contributed by atoms with Crippen molar-refractivity contribution in [2.75, 3.05) is 20.4 Å². The van der Waals surface area contributed by atoms with Crippen LogP contribution in [0, 0.1) is 6.92 Å². The molecule has 8 heteroatoms. The molecule has 0 unspecified atom stereocenters. The minimum atomic E-state index is -3.65. The van der Waals surface area contributed by atoms with Crippen molar-refractivity contribution in [2.45, 2.75) is 18.4 Å². The number of ether oxygens (including phenoxy) is 1. The fourth-order valence-corrected chi connectivity index (χ4v) is 3.62. The Labute approximate surface area is 153 Å². The van der Waals surface area contributed by atoms with Crippen LogP contribution in [0.3, 0.4) is 0 Å². The quantitative estimate of drug-likeness (QED) is 0.832. The lowest BCUT2D eigenvalue weighted by Crippen LogP contribution is -2.49. The Bertz CT molecular complexity index is 895. The fourth-order valence-electron chi connectivity index (χ4n) is 2.62. The molecule has 0 bridgehead atoms. The maximum Gasteiger partial charge on any atom is 0.264 e. The van der Waals surface area contributed by atoms with E-state index in [1.807, 2.05) is 36.1 Å². The molecular weight excluding hydrogens is 352 g/mol. The molecule has 0 aromatic heterocycles. The summed E-state index contributed by atoms with van der Waals surface area (Å²) in [6, 6.07) is 14.5. The van der Waals surface area contributed by atoms with E-state index >= 15 is 0 Å². The second-order valence-electron chi connectivity index (χ2n) is 6.04. The summed E-state index contributed by atoms with van der Waals surface area (Å²) < 4.78 is 32.7. The van der Waals surface area contributed by atoms with Crippen molar-refractivity contribution >= 4 is 16.0 Å². The van der Waals surface area contributed by atoms with Crippen LogP contribution in [0.25, 0.3) is 0 Å². The lowest BCUT2D eigenvalue weighted by atomic mass is 10.2. The Morgan fingerprint density at radius 2 is 1.92 bits per heavy atom. The van der Waals surface area contributed by atoms with Gasteiger partial charge in [0.1, 0.15) is 5.75 Å². The smallest absolute Gasteiger partial charge is 0.264 e. The summed E-state index contributed by atoms with van der Waals surface area (Å²) in [5.41, 5.74) is 2.06. The van der Waals surface area contributed by atoms with Crippen molar-refractivity contribution in [3.63, 3.8) is 0 Å². The number of benzene rings is 2. The van der Waals surface area contributed by atoms with E-state index in [1.54, 1.807) is 31.4 Å². The molecule has 0 spiro atoms. The lowest BCUT2D eigenvalue weighted by Gasteiger charge is -2.27. The highest BCUT2D eigenvalue weighted by Crippen LogP contribution is 2.19. The molecule has 0 radical (unpaired) electrons. The van der Waals surface area contributed by atoms with Crippen LogP contribution in [0.4, 0.5) is 0 Å². The first-order chi connectivity index (χ1) is 12.5. The molecule has 2 aromatic carbocycles. The number of nitrogens with one attached hydrogen (secondary N) is 2. The van der Waals surface area contributed by atoms with E-state index in [-0.39, 0.29) is 10.9 Å². The number of rotatable bonds is 5. The van der Waals surface area contributed by atoms with Crippen LogP contribution >= 0.6 is 0 Å². The van der Waals surface area contributed by atoms with Crippen LogP contribution in [0.1, 0.15) is 11.1 Å². The zero-order valence-corrected chi connectivity index (χ0v) is 15.6. The number of guanidine groups is 1. The van der Waals surface area contributed by atoms with Gasteiger partial charge in [0.05, 0.1) is 25.3 Å². The number of para-hydroxylation sites is 1. The van der Waals surface area contributed by atoms with Crippen molar-refractivity contribution in [3.8, 4) is 5.75 Å². The topological polar surface area (TPSA) is 83.0 Å². The van der Waals surface area contributed by atoms with E-state index in [4.69, 9.17) is 4.74 Å². The fraction of sp³-hybridized carbons (Fsp3) is 0.278. The molecule has 0 saturated carbocycles. The molecule has 1 aliphatic heterocycles. The van der Waals surface area contributed by atoms with Gasteiger partial charge in [0.25, 0.3) is 10.0 Å². The normalized spacial score (nSPS) is 15.1. The Morgan fingerprint density at radius 3 is 2.58 bits per heavy atom. The molecule has 7 nitrogen and oxygen atoms in total. The van der Waals surface area contributed by atoms with Gasteiger partial charge in [-0.25, -0.2) is 18.1 Å². The molecule has 1 aliphatic rings. The zero-order chi connectivity index (χ0) is 18.6. The maximum atomic E-state index is 12.4. The van der Waals surface area contributed by atoms with Gasteiger partial charge in [0.15, 0.2) is 0 Å². The highest BCUT2D eigenvalue weighted by molar-refractivity contribution is 7.90. The lowest BCUT2D eigenvalue weighted by molar-refractivity contribution is 0.251. The van der Waals surface area contributed by atoms with E-state index < -0.39 is 10.0 Å². The first-order valence-corrected chi connectivity index (χ1v) is 9.68. The van der Waals surface area contributed by atoms with Gasteiger partial charge in [-0.2, -0.15) is 0 Å². The molecular formula is C18H22N4O3S. The molecule has 2 N–H and O–H groups in total. The van der Waals surface area contributed by atoms with Gasteiger partial charge in [-0.15, -0.1) is 0 Å². The number of aryl methyl sites for hydroxylation is 1. The number of hydrogen-bond donors (Lipinski definition) is 2. The van der Waals surface area contributed by atoms with Crippen LogP contribution in [0.2, 0.25) is 0 Å².